The molecule has 1 aromatic carbocycles. The standard InChI is InChI=1S/C14H20N2O4S/c1-15(11-12-7-4-3-5-8-12)21(18,19)16-10-6-9-13(16)14(17)20-2/h3-5,7-8,13H,6,9-11H2,1-2H3. The fraction of sp³-hybridized carbons (Fsp3) is 0.500. The molecule has 0 saturated carbocycles. The molecule has 1 aliphatic rings. The summed E-state index contributed by atoms with van der Waals surface area (Å²) in [7, 11) is -0.876. The second kappa shape index (κ2) is 6.55. The van der Waals surface area contributed by atoms with Crippen molar-refractivity contribution in [3.8, 4) is 0 Å². The molecule has 1 aromatic rings. The molecule has 116 valence electrons. The molecule has 2 rings (SSSR count). The molecule has 0 bridgehead atoms. The Hall–Kier alpha value is -1.44. The molecule has 21 heavy (non-hydrogen) atoms. The molecule has 0 radical (unpaired) electrons. The number of esters is 1. The van der Waals surface area contributed by atoms with Gasteiger partial charge >= 0.3 is 5.97 Å². The summed E-state index contributed by atoms with van der Waals surface area (Å²) in [4.78, 5) is 11.7. The van der Waals surface area contributed by atoms with Crippen LogP contribution in [-0.2, 0) is 26.3 Å². The highest BCUT2D eigenvalue weighted by molar-refractivity contribution is 7.86. The number of rotatable bonds is 5. The van der Waals surface area contributed by atoms with Gasteiger partial charge in [-0.1, -0.05) is 30.3 Å². The van der Waals surface area contributed by atoms with Crippen molar-refractivity contribution in [2.45, 2.75) is 25.4 Å². The summed E-state index contributed by atoms with van der Waals surface area (Å²) < 4.78 is 32.4. The van der Waals surface area contributed by atoms with E-state index in [2.05, 4.69) is 0 Å². The second-order valence-corrected chi connectivity index (χ2v) is 7.03. The first-order valence-electron chi connectivity index (χ1n) is 6.81. The molecule has 6 nitrogen and oxygen atoms in total. The zero-order valence-corrected chi connectivity index (χ0v) is 13.0. The minimum Gasteiger partial charge on any atom is -0.468 e. The van der Waals surface area contributed by atoms with Crippen LogP contribution in [-0.4, -0.2) is 49.7 Å². The van der Waals surface area contributed by atoms with Gasteiger partial charge in [0, 0.05) is 20.1 Å². The van der Waals surface area contributed by atoms with Crippen LogP contribution < -0.4 is 0 Å². The smallest absolute Gasteiger partial charge is 0.324 e. The van der Waals surface area contributed by atoms with Gasteiger partial charge in [-0.05, 0) is 18.4 Å². The molecule has 7 heteroatoms. The zero-order chi connectivity index (χ0) is 15.5. The summed E-state index contributed by atoms with van der Waals surface area (Å²) in [5, 5.41) is 0. The van der Waals surface area contributed by atoms with Crippen LogP contribution in [0.4, 0.5) is 0 Å². The van der Waals surface area contributed by atoms with Crippen molar-refractivity contribution in [3.63, 3.8) is 0 Å². The molecule has 1 aliphatic heterocycles. The van der Waals surface area contributed by atoms with E-state index in [1.54, 1.807) is 0 Å². The molecule has 0 aromatic heterocycles. The Labute approximate surface area is 125 Å². The van der Waals surface area contributed by atoms with Crippen LogP contribution in [0.2, 0.25) is 0 Å². The van der Waals surface area contributed by atoms with E-state index in [9.17, 15) is 13.2 Å². The van der Waals surface area contributed by atoms with E-state index >= 15 is 0 Å². The molecule has 0 aliphatic carbocycles. The highest BCUT2D eigenvalue weighted by Crippen LogP contribution is 2.24. The molecular weight excluding hydrogens is 292 g/mol. The van der Waals surface area contributed by atoms with Crippen LogP contribution in [0.5, 0.6) is 0 Å². The van der Waals surface area contributed by atoms with Crippen molar-refractivity contribution in [1.82, 2.24) is 8.61 Å². The van der Waals surface area contributed by atoms with E-state index in [0.717, 1.165) is 5.56 Å². The van der Waals surface area contributed by atoms with Gasteiger partial charge in [-0.2, -0.15) is 17.0 Å². The number of carbonyl (C=O) groups is 1. The number of ether oxygens (including phenoxy) is 1. The Bertz CT molecular complexity index is 588. The third-order valence-corrected chi connectivity index (χ3v) is 5.56. The summed E-state index contributed by atoms with van der Waals surface area (Å²) in [6.07, 6.45) is 1.17. The van der Waals surface area contributed by atoms with Gasteiger partial charge in [-0.3, -0.25) is 4.79 Å². The number of benzene rings is 1. The molecular formula is C14H20N2O4S. The predicted octanol–water partition coefficient (Wildman–Crippen LogP) is 1.00. The first-order valence-corrected chi connectivity index (χ1v) is 8.21. The predicted molar refractivity (Wildman–Crippen MR) is 78.6 cm³/mol. The van der Waals surface area contributed by atoms with Gasteiger partial charge in [0.25, 0.3) is 10.2 Å². The number of methoxy groups -OCH3 is 1. The van der Waals surface area contributed by atoms with Gasteiger partial charge in [0.1, 0.15) is 6.04 Å². The molecule has 1 atom stereocenters. The lowest BCUT2D eigenvalue weighted by Crippen LogP contribution is -2.47. The van der Waals surface area contributed by atoms with E-state index in [-0.39, 0.29) is 6.54 Å². The highest BCUT2D eigenvalue weighted by atomic mass is 32.2. The Balaban J connectivity index is 2.15. The number of hydrogen-bond donors (Lipinski definition) is 0. The second-order valence-electron chi connectivity index (χ2n) is 5.04. The third kappa shape index (κ3) is 3.42. The van der Waals surface area contributed by atoms with E-state index in [4.69, 9.17) is 4.74 Å². The first kappa shape index (κ1) is 15.9. The van der Waals surface area contributed by atoms with Crippen molar-refractivity contribution in [3.05, 3.63) is 35.9 Å². The van der Waals surface area contributed by atoms with Gasteiger partial charge in [-0.15, -0.1) is 0 Å². The van der Waals surface area contributed by atoms with Crippen molar-refractivity contribution >= 4 is 16.2 Å². The maximum Gasteiger partial charge on any atom is 0.324 e. The van der Waals surface area contributed by atoms with Gasteiger partial charge in [0.15, 0.2) is 0 Å². The van der Waals surface area contributed by atoms with Crippen molar-refractivity contribution < 1.29 is 17.9 Å². The van der Waals surface area contributed by atoms with E-state index in [1.807, 2.05) is 30.3 Å². The van der Waals surface area contributed by atoms with Crippen molar-refractivity contribution in [2.24, 2.45) is 0 Å². The van der Waals surface area contributed by atoms with Crippen molar-refractivity contribution in [2.75, 3.05) is 20.7 Å². The number of nitrogens with zero attached hydrogens (tertiary/aromatic N) is 2. The monoisotopic (exact) mass is 312 g/mol. The summed E-state index contributed by atoms with van der Waals surface area (Å²) in [6, 6.07) is 8.64. The summed E-state index contributed by atoms with van der Waals surface area (Å²) in [6.45, 7) is 0.620. The molecule has 0 N–H and O–H groups in total. The Kier molecular flexibility index (Phi) is 4.97. The Morgan fingerprint density at radius 3 is 2.67 bits per heavy atom. The maximum absolute atomic E-state index is 12.6. The minimum atomic E-state index is -3.68. The zero-order valence-electron chi connectivity index (χ0n) is 12.2. The third-order valence-electron chi connectivity index (χ3n) is 3.62. The molecule has 1 fully saturated rings. The van der Waals surface area contributed by atoms with Crippen LogP contribution in [0.25, 0.3) is 0 Å². The molecule has 0 spiro atoms. The lowest BCUT2D eigenvalue weighted by molar-refractivity contribution is -0.144. The Morgan fingerprint density at radius 2 is 2.05 bits per heavy atom. The lowest BCUT2D eigenvalue weighted by Gasteiger charge is -2.27. The first-order chi connectivity index (χ1) is 9.96. The van der Waals surface area contributed by atoms with Crippen LogP contribution in [0.15, 0.2) is 30.3 Å². The summed E-state index contributed by atoms with van der Waals surface area (Å²) >= 11 is 0. The molecule has 1 saturated heterocycles. The minimum absolute atomic E-state index is 0.271. The van der Waals surface area contributed by atoms with Gasteiger partial charge in [0.05, 0.1) is 7.11 Å². The summed E-state index contributed by atoms with van der Waals surface area (Å²) in [5.41, 5.74) is 0.900. The fourth-order valence-corrected chi connectivity index (χ4v) is 4.03. The van der Waals surface area contributed by atoms with Crippen LogP contribution in [0.3, 0.4) is 0 Å². The average Bonchev–Trinajstić information content (AvgIpc) is 2.97. The topological polar surface area (TPSA) is 66.9 Å². The largest absolute Gasteiger partial charge is 0.468 e. The van der Waals surface area contributed by atoms with Crippen LogP contribution >= 0.6 is 0 Å². The van der Waals surface area contributed by atoms with Crippen LogP contribution in [0, 0.1) is 0 Å². The van der Waals surface area contributed by atoms with E-state index < -0.39 is 22.2 Å². The van der Waals surface area contributed by atoms with Crippen molar-refractivity contribution in [1.29, 1.82) is 0 Å². The SMILES string of the molecule is COC(=O)C1CCCN1S(=O)(=O)N(C)Cc1ccccc1. The van der Waals surface area contributed by atoms with Gasteiger partial charge in [-0.25, -0.2) is 0 Å². The molecule has 1 unspecified atom stereocenters. The lowest BCUT2D eigenvalue weighted by atomic mass is 10.2. The van der Waals surface area contributed by atoms with Crippen LogP contribution in [0.1, 0.15) is 18.4 Å². The number of hydrogen-bond acceptors (Lipinski definition) is 4. The highest BCUT2D eigenvalue weighted by Gasteiger charge is 2.41. The van der Waals surface area contributed by atoms with Gasteiger partial charge in [0.2, 0.25) is 0 Å². The Morgan fingerprint density at radius 1 is 1.38 bits per heavy atom. The maximum atomic E-state index is 12.6. The molecule has 1 heterocycles. The molecule has 0 amide bonds. The normalized spacial score (nSPS) is 19.9. The average molecular weight is 312 g/mol. The van der Waals surface area contributed by atoms with E-state index in [1.165, 1.54) is 22.8 Å². The fourth-order valence-electron chi connectivity index (χ4n) is 2.49. The van der Waals surface area contributed by atoms with E-state index in [0.29, 0.717) is 19.4 Å². The van der Waals surface area contributed by atoms with Gasteiger partial charge < -0.3 is 4.74 Å². The number of carbonyl (C=O) groups excluding carboxylic acids is 1. The quantitative estimate of drug-likeness (QED) is 0.761. The summed E-state index contributed by atoms with van der Waals surface area (Å²) in [5.74, 6) is -0.496.